The monoisotopic (exact) mass is 262 g/mol. The molecule has 2 atom stereocenters. The molecule has 1 aromatic carbocycles. The summed E-state index contributed by atoms with van der Waals surface area (Å²) in [4.78, 5) is 24.5. The van der Waals surface area contributed by atoms with Gasteiger partial charge in [-0.25, -0.2) is 0 Å². The second-order valence-electron chi connectivity index (χ2n) is 4.90. The van der Waals surface area contributed by atoms with Gasteiger partial charge in [-0.05, 0) is 30.9 Å². The maximum absolute atomic E-state index is 12.1. The van der Waals surface area contributed by atoms with Gasteiger partial charge in [0, 0.05) is 0 Å². The fourth-order valence-electron chi connectivity index (χ4n) is 2.61. The Hall–Kier alpha value is -1.88. The van der Waals surface area contributed by atoms with Crippen LogP contribution in [0.3, 0.4) is 0 Å². The standard InChI is InChI=1S/C14H18N2O3/c1-9(15)14(19)16(8-13(17)18)12-7-6-10-4-2-3-5-11(10)12/h2-5,9,12H,6-8,15H2,1H3,(H,17,18)/t9-,12?/m0/s1. The highest BCUT2D eigenvalue weighted by atomic mass is 16.4. The first kappa shape index (κ1) is 13.5. The molecular weight excluding hydrogens is 244 g/mol. The van der Waals surface area contributed by atoms with Crippen LogP contribution in [0.4, 0.5) is 0 Å². The van der Waals surface area contributed by atoms with Crippen LogP contribution < -0.4 is 5.73 Å². The van der Waals surface area contributed by atoms with E-state index in [1.54, 1.807) is 6.92 Å². The van der Waals surface area contributed by atoms with Crippen LogP contribution >= 0.6 is 0 Å². The molecule has 0 spiro atoms. The fourth-order valence-corrected chi connectivity index (χ4v) is 2.61. The van der Waals surface area contributed by atoms with Gasteiger partial charge in [0.25, 0.3) is 0 Å². The molecule has 102 valence electrons. The Morgan fingerprint density at radius 2 is 2.16 bits per heavy atom. The van der Waals surface area contributed by atoms with E-state index in [-0.39, 0.29) is 18.5 Å². The van der Waals surface area contributed by atoms with Crippen molar-refractivity contribution < 1.29 is 14.7 Å². The van der Waals surface area contributed by atoms with Gasteiger partial charge in [-0.1, -0.05) is 24.3 Å². The summed E-state index contributed by atoms with van der Waals surface area (Å²) >= 11 is 0. The maximum atomic E-state index is 12.1. The molecule has 1 aliphatic carbocycles. The Kier molecular flexibility index (Phi) is 3.85. The summed E-state index contributed by atoms with van der Waals surface area (Å²) in [6.45, 7) is 1.28. The van der Waals surface area contributed by atoms with Crippen molar-refractivity contribution in [2.24, 2.45) is 5.73 Å². The molecule has 1 aliphatic rings. The third-order valence-electron chi connectivity index (χ3n) is 3.46. The fraction of sp³-hybridized carbons (Fsp3) is 0.429. The Bertz CT molecular complexity index is 499. The zero-order valence-corrected chi connectivity index (χ0v) is 10.9. The van der Waals surface area contributed by atoms with Crippen LogP contribution in [0.5, 0.6) is 0 Å². The van der Waals surface area contributed by atoms with Gasteiger partial charge in [-0.15, -0.1) is 0 Å². The number of carbonyl (C=O) groups is 2. The van der Waals surface area contributed by atoms with Gasteiger partial charge in [-0.3, -0.25) is 9.59 Å². The van der Waals surface area contributed by atoms with Gasteiger partial charge in [0.2, 0.25) is 5.91 Å². The van der Waals surface area contributed by atoms with E-state index in [2.05, 4.69) is 0 Å². The van der Waals surface area contributed by atoms with Crippen LogP contribution in [0.1, 0.15) is 30.5 Å². The number of amides is 1. The lowest BCUT2D eigenvalue weighted by molar-refractivity contribution is -0.146. The first-order chi connectivity index (χ1) is 9.00. The first-order valence-electron chi connectivity index (χ1n) is 6.36. The molecule has 5 heteroatoms. The molecule has 0 saturated heterocycles. The molecule has 0 heterocycles. The molecule has 0 saturated carbocycles. The van der Waals surface area contributed by atoms with E-state index in [1.807, 2.05) is 24.3 Å². The highest BCUT2D eigenvalue weighted by molar-refractivity contribution is 5.85. The summed E-state index contributed by atoms with van der Waals surface area (Å²) in [5, 5.41) is 8.99. The molecule has 2 rings (SSSR count). The third kappa shape index (κ3) is 2.76. The minimum atomic E-state index is -1.02. The summed E-state index contributed by atoms with van der Waals surface area (Å²) in [6, 6.07) is 6.97. The van der Waals surface area contributed by atoms with Crippen molar-refractivity contribution >= 4 is 11.9 Å². The number of carboxylic acid groups (broad SMARTS) is 1. The Morgan fingerprint density at radius 3 is 2.79 bits per heavy atom. The quantitative estimate of drug-likeness (QED) is 0.845. The number of aliphatic carboxylic acids is 1. The lowest BCUT2D eigenvalue weighted by atomic mass is 10.1. The average Bonchev–Trinajstić information content (AvgIpc) is 2.78. The molecule has 0 fully saturated rings. The molecule has 0 bridgehead atoms. The summed E-state index contributed by atoms with van der Waals surface area (Å²) in [7, 11) is 0. The van der Waals surface area contributed by atoms with Gasteiger partial charge in [0.1, 0.15) is 6.54 Å². The number of nitrogens with zero attached hydrogens (tertiary/aromatic N) is 1. The van der Waals surface area contributed by atoms with E-state index in [1.165, 1.54) is 10.5 Å². The van der Waals surface area contributed by atoms with Crippen molar-refractivity contribution in [3.8, 4) is 0 Å². The predicted molar refractivity (Wildman–Crippen MR) is 70.5 cm³/mol. The summed E-state index contributed by atoms with van der Waals surface area (Å²) < 4.78 is 0. The second-order valence-corrected chi connectivity index (χ2v) is 4.90. The van der Waals surface area contributed by atoms with Crippen molar-refractivity contribution in [2.45, 2.75) is 31.8 Å². The number of hydrogen-bond donors (Lipinski definition) is 2. The van der Waals surface area contributed by atoms with Crippen molar-refractivity contribution in [3.05, 3.63) is 35.4 Å². The number of aryl methyl sites for hydroxylation is 1. The van der Waals surface area contributed by atoms with Crippen LogP contribution in [0.25, 0.3) is 0 Å². The number of fused-ring (bicyclic) bond motifs is 1. The van der Waals surface area contributed by atoms with Crippen molar-refractivity contribution in [3.63, 3.8) is 0 Å². The predicted octanol–water partition coefficient (Wildman–Crippen LogP) is 0.934. The summed E-state index contributed by atoms with van der Waals surface area (Å²) in [6.07, 6.45) is 1.62. The van der Waals surface area contributed by atoms with Gasteiger partial charge < -0.3 is 15.7 Å². The second kappa shape index (κ2) is 5.40. The normalized spacial score (nSPS) is 18.7. The molecule has 1 aromatic rings. The number of rotatable bonds is 4. The van der Waals surface area contributed by atoms with Gasteiger partial charge in [0.05, 0.1) is 12.1 Å². The highest BCUT2D eigenvalue weighted by Gasteiger charge is 2.33. The highest BCUT2D eigenvalue weighted by Crippen LogP contribution is 2.35. The lowest BCUT2D eigenvalue weighted by Gasteiger charge is -2.29. The van der Waals surface area contributed by atoms with Crippen LogP contribution in [-0.4, -0.2) is 34.5 Å². The van der Waals surface area contributed by atoms with E-state index in [4.69, 9.17) is 10.8 Å². The van der Waals surface area contributed by atoms with Crippen LogP contribution in [0.15, 0.2) is 24.3 Å². The summed E-state index contributed by atoms with van der Waals surface area (Å²) in [5.74, 6) is -1.33. The first-order valence-corrected chi connectivity index (χ1v) is 6.36. The Morgan fingerprint density at radius 1 is 1.47 bits per heavy atom. The number of carbonyl (C=O) groups excluding carboxylic acids is 1. The smallest absolute Gasteiger partial charge is 0.323 e. The SMILES string of the molecule is C[C@H](N)C(=O)N(CC(=O)O)C1CCc2ccccc21. The van der Waals surface area contributed by atoms with Crippen LogP contribution in [0.2, 0.25) is 0 Å². The maximum Gasteiger partial charge on any atom is 0.323 e. The zero-order valence-electron chi connectivity index (χ0n) is 10.9. The minimum Gasteiger partial charge on any atom is -0.480 e. The van der Waals surface area contributed by atoms with Crippen molar-refractivity contribution in [1.82, 2.24) is 4.90 Å². The molecule has 1 amide bonds. The van der Waals surface area contributed by atoms with Crippen molar-refractivity contribution in [2.75, 3.05) is 6.54 Å². The molecule has 5 nitrogen and oxygen atoms in total. The minimum absolute atomic E-state index is 0.175. The van der Waals surface area contributed by atoms with E-state index >= 15 is 0 Å². The molecule has 0 aliphatic heterocycles. The van der Waals surface area contributed by atoms with Crippen molar-refractivity contribution in [1.29, 1.82) is 0 Å². The number of hydrogen-bond acceptors (Lipinski definition) is 3. The topological polar surface area (TPSA) is 83.6 Å². The van der Waals surface area contributed by atoms with E-state index in [9.17, 15) is 9.59 Å². The lowest BCUT2D eigenvalue weighted by Crippen LogP contribution is -2.45. The average molecular weight is 262 g/mol. The van der Waals surface area contributed by atoms with Gasteiger partial charge >= 0.3 is 5.97 Å². The van der Waals surface area contributed by atoms with E-state index in [0.29, 0.717) is 0 Å². The largest absolute Gasteiger partial charge is 0.480 e. The zero-order chi connectivity index (χ0) is 14.0. The molecule has 0 radical (unpaired) electrons. The molecule has 19 heavy (non-hydrogen) atoms. The van der Waals surface area contributed by atoms with E-state index < -0.39 is 12.0 Å². The third-order valence-corrected chi connectivity index (χ3v) is 3.46. The number of nitrogens with two attached hydrogens (primary N) is 1. The molecule has 0 aromatic heterocycles. The summed E-state index contributed by atoms with van der Waals surface area (Å²) in [5.41, 5.74) is 7.84. The van der Waals surface area contributed by atoms with Gasteiger partial charge in [0.15, 0.2) is 0 Å². The Balaban J connectivity index is 2.30. The van der Waals surface area contributed by atoms with Crippen LogP contribution in [0, 0.1) is 0 Å². The number of carboxylic acids is 1. The number of benzene rings is 1. The Labute approximate surface area is 112 Å². The molecule has 3 N–H and O–H groups in total. The molecular formula is C14H18N2O3. The van der Waals surface area contributed by atoms with Gasteiger partial charge in [-0.2, -0.15) is 0 Å². The van der Waals surface area contributed by atoms with Crippen LogP contribution in [-0.2, 0) is 16.0 Å². The van der Waals surface area contributed by atoms with E-state index in [0.717, 1.165) is 18.4 Å². The molecule has 1 unspecified atom stereocenters.